The highest BCUT2D eigenvalue weighted by molar-refractivity contribution is 4.84. The first-order chi connectivity index (χ1) is 7.27. The second kappa shape index (κ2) is 5.31. The minimum Gasteiger partial charge on any atom is -0.315 e. The van der Waals surface area contributed by atoms with Crippen LogP contribution in [0.3, 0.4) is 0 Å². The molecule has 0 radical (unpaired) electrons. The van der Waals surface area contributed by atoms with Crippen LogP contribution in [0, 0.1) is 5.92 Å². The summed E-state index contributed by atoms with van der Waals surface area (Å²) in [4.78, 5) is 2.67. The Kier molecular flexibility index (Phi) is 4.04. The van der Waals surface area contributed by atoms with E-state index < -0.39 is 0 Å². The van der Waals surface area contributed by atoms with Gasteiger partial charge in [-0.3, -0.25) is 4.90 Å². The van der Waals surface area contributed by atoms with Crippen molar-refractivity contribution in [1.82, 2.24) is 10.2 Å². The molecule has 3 atom stereocenters. The number of nitrogens with one attached hydrogen (secondary N) is 1. The molecule has 88 valence electrons. The van der Waals surface area contributed by atoms with Crippen LogP contribution in [0.15, 0.2) is 0 Å². The number of hydrogen-bond donors (Lipinski definition) is 1. The van der Waals surface area contributed by atoms with Gasteiger partial charge in [0.25, 0.3) is 0 Å². The summed E-state index contributed by atoms with van der Waals surface area (Å²) in [6, 6.07) is 1.66. The number of hydrogen-bond acceptors (Lipinski definition) is 2. The van der Waals surface area contributed by atoms with Crippen molar-refractivity contribution in [2.75, 3.05) is 20.1 Å². The van der Waals surface area contributed by atoms with Crippen LogP contribution in [-0.2, 0) is 0 Å². The molecule has 0 spiro atoms. The summed E-state index contributed by atoms with van der Waals surface area (Å²) in [6.07, 6.45) is 8.50. The minimum absolute atomic E-state index is 0.800. The molecule has 0 aromatic heterocycles. The van der Waals surface area contributed by atoms with Gasteiger partial charge in [-0.2, -0.15) is 0 Å². The first-order valence-corrected chi connectivity index (χ1v) is 6.70. The molecule has 1 saturated carbocycles. The number of piperidine rings is 1. The molecule has 1 N–H and O–H groups in total. The van der Waals surface area contributed by atoms with Crippen molar-refractivity contribution in [3.8, 4) is 0 Å². The van der Waals surface area contributed by atoms with Crippen molar-refractivity contribution in [3.05, 3.63) is 0 Å². The van der Waals surface area contributed by atoms with Crippen molar-refractivity contribution in [3.63, 3.8) is 0 Å². The van der Waals surface area contributed by atoms with Gasteiger partial charge in [0.05, 0.1) is 0 Å². The largest absolute Gasteiger partial charge is 0.315 e. The van der Waals surface area contributed by atoms with E-state index in [1.807, 2.05) is 0 Å². The van der Waals surface area contributed by atoms with Gasteiger partial charge < -0.3 is 5.32 Å². The Morgan fingerprint density at radius 1 is 1.07 bits per heavy atom. The standard InChI is InChI=1S/C13H26N2/c1-11-5-3-6-12(9-11)15(2)13-7-4-8-14-10-13/h11-14H,3-10H2,1-2H3. The van der Waals surface area contributed by atoms with Crippen LogP contribution in [0.1, 0.15) is 45.4 Å². The summed E-state index contributed by atoms with van der Waals surface area (Å²) in [5, 5.41) is 3.52. The second-order valence-corrected chi connectivity index (χ2v) is 5.59. The molecule has 0 bridgehead atoms. The fourth-order valence-corrected chi connectivity index (χ4v) is 3.25. The molecule has 1 heterocycles. The van der Waals surface area contributed by atoms with Gasteiger partial charge in [-0.05, 0) is 45.2 Å². The smallest absolute Gasteiger partial charge is 0.0221 e. The summed E-state index contributed by atoms with van der Waals surface area (Å²) < 4.78 is 0. The average molecular weight is 210 g/mol. The number of nitrogens with zero attached hydrogens (tertiary/aromatic N) is 1. The third-order valence-electron chi connectivity index (χ3n) is 4.33. The first kappa shape index (κ1) is 11.4. The fourth-order valence-electron chi connectivity index (χ4n) is 3.25. The van der Waals surface area contributed by atoms with E-state index in [9.17, 15) is 0 Å². The predicted molar refractivity (Wildman–Crippen MR) is 65.1 cm³/mol. The van der Waals surface area contributed by atoms with Crippen LogP contribution in [-0.4, -0.2) is 37.1 Å². The van der Waals surface area contributed by atoms with Crippen molar-refractivity contribution in [1.29, 1.82) is 0 Å². The molecule has 3 unspecified atom stereocenters. The van der Waals surface area contributed by atoms with Crippen LogP contribution in [0.5, 0.6) is 0 Å². The van der Waals surface area contributed by atoms with Crippen LogP contribution in [0.4, 0.5) is 0 Å². The molecule has 0 aromatic rings. The Morgan fingerprint density at radius 3 is 2.53 bits per heavy atom. The topological polar surface area (TPSA) is 15.3 Å². The highest BCUT2D eigenvalue weighted by Gasteiger charge is 2.27. The summed E-state index contributed by atoms with van der Waals surface area (Å²) in [5.41, 5.74) is 0. The maximum absolute atomic E-state index is 3.52. The van der Waals surface area contributed by atoms with Gasteiger partial charge in [0.2, 0.25) is 0 Å². The molecule has 0 aromatic carbocycles. The Morgan fingerprint density at radius 2 is 1.87 bits per heavy atom. The van der Waals surface area contributed by atoms with E-state index >= 15 is 0 Å². The van der Waals surface area contributed by atoms with E-state index in [1.54, 1.807) is 0 Å². The normalized spacial score (nSPS) is 38.2. The maximum Gasteiger partial charge on any atom is 0.0221 e. The van der Waals surface area contributed by atoms with E-state index in [0.717, 1.165) is 18.0 Å². The molecule has 1 aliphatic carbocycles. The molecular weight excluding hydrogens is 184 g/mol. The van der Waals surface area contributed by atoms with Gasteiger partial charge in [0.15, 0.2) is 0 Å². The molecular formula is C13H26N2. The van der Waals surface area contributed by atoms with Gasteiger partial charge in [-0.1, -0.05) is 19.8 Å². The zero-order chi connectivity index (χ0) is 10.7. The number of likely N-dealkylation sites (N-methyl/N-ethyl adjacent to an activating group) is 1. The predicted octanol–water partition coefficient (Wildman–Crippen LogP) is 2.25. The number of rotatable bonds is 2. The molecule has 2 nitrogen and oxygen atoms in total. The highest BCUT2D eigenvalue weighted by Crippen LogP contribution is 2.28. The van der Waals surface area contributed by atoms with Crippen molar-refractivity contribution in [2.45, 2.75) is 57.5 Å². The highest BCUT2D eigenvalue weighted by atomic mass is 15.2. The Labute approximate surface area is 94.4 Å². The minimum atomic E-state index is 0.800. The van der Waals surface area contributed by atoms with Crippen molar-refractivity contribution < 1.29 is 0 Å². The Balaban J connectivity index is 1.85. The fraction of sp³-hybridized carbons (Fsp3) is 1.00. The molecule has 15 heavy (non-hydrogen) atoms. The quantitative estimate of drug-likeness (QED) is 0.752. The second-order valence-electron chi connectivity index (χ2n) is 5.59. The summed E-state index contributed by atoms with van der Waals surface area (Å²) in [6.45, 7) is 4.85. The van der Waals surface area contributed by atoms with Gasteiger partial charge >= 0.3 is 0 Å². The average Bonchev–Trinajstić information content (AvgIpc) is 2.29. The Bertz CT molecular complexity index is 187. The lowest BCUT2D eigenvalue weighted by Gasteiger charge is -2.40. The lowest BCUT2D eigenvalue weighted by molar-refractivity contribution is 0.102. The summed E-state index contributed by atoms with van der Waals surface area (Å²) in [5.74, 6) is 0.947. The van der Waals surface area contributed by atoms with Crippen LogP contribution in [0.2, 0.25) is 0 Å². The monoisotopic (exact) mass is 210 g/mol. The third-order valence-corrected chi connectivity index (χ3v) is 4.33. The summed E-state index contributed by atoms with van der Waals surface area (Å²) in [7, 11) is 2.35. The molecule has 0 amide bonds. The molecule has 1 saturated heterocycles. The van der Waals surface area contributed by atoms with Gasteiger partial charge in [0, 0.05) is 18.6 Å². The van der Waals surface area contributed by atoms with E-state index in [1.165, 1.54) is 51.6 Å². The van der Waals surface area contributed by atoms with E-state index in [4.69, 9.17) is 0 Å². The summed E-state index contributed by atoms with van der Waals surface area (Å²) >= 11 is 0. The van der Waals surface area contributed by atoms with Gasteiger partial charge in [-0.15, -0.1) is 0 Å². The molecule has 2 fully saturated rings. The Hall–Kier alpha value is -0.0800. The molecule has 2 aliphatic rings. The van der Waals surface area contributed by atoms with Gasteiger partial charge in [0.1, 0.15) is 0 Å². The third kappa shape index (κ3) is 2.94. The van der Waals surface area contributed by atoms with Gasteiger partial charge in [-0.25, -0.2) is 0 Å². The molecule has 1 aliphatic heterocycles. The molecule has 2 heteroatoms. The van der Waals surface area contributed by atoms with Crippen LogP contribution < -0.4 is 5.32 Å². The zero-order valence-electron chi connectivity index (χ0n) is 10.3. The SMILES string of the molecule is CC1CCCC(N(C)C2CCCNC2)C1. The van der Waals surface area contributed by atoms with E-state index in [0.29, 0.717) is 0 Å². The maximum atomic E-state index is 3.52. The lowest BCUT2D eigenvalue weighted by Crippen LogP contribution is -2.49. The zero-order valence-corrected chi connectivity index (χ0v) is 10.3. The first-order valence-electron chi connectivity index (χ1n) is 6.70. The van der Waals surface area contributed by atoms with E-state index in [2.05, 4.69) is 24.2 Å². The van der Waals surface area contributed by atoms with E-state index in [-0.39, 0.29) is 0 Å². The van der Waals surface area contributed by atoms with Crippen molar-refractivity contribution in [2.24, 2.45) is 5.92 Å². The van der Waals surface area contributed by atoms with Crippen LogP contribution >= 0.6 is 0 Å². The van der Waals surface area contributed by atoms with Crippen LogP contribution in [0.25, 0.3) is 0 Å². The molecule has 2 rings (SSSR count). The van der Waals surface area contributed by atoms with Crippen molar-refractivity contribution >= 4 is 0 Å². The lowest BCUT2D eigenvalue weighted by atomic mass is 9.85.